The van der Waals surface area contributed by atoms with Gasteiger partial charge in [0.1, 0.15) is 0 Å². The maximum absolute atomic E-state index is 5.91. The normalized spacial score (nSPS) is 43.4. The maximum atomic E-state index is 5.91. The number of piperidine rings is 1. The van der Waals surface area contributed by atoms with Gasteiger partial charge in [-0.3, -0.25) is 4.90 Å². The number of hydrogen-bond acceptors (Lipinski definition) is 3. The molecule has 3 heteroatoms. The standard InChI is InChI=1S/C12H24N2O/c1-9-4-3-6-14(12(9)8-13)11-5-7-15-10(11)2/h9-12H,3-8,13H2,1-2H3. The fourth-order valence-electron chi connectivity index (χ4n) is 3.22. The molecule has 0 radical (unpaired) electrons. The van der Waals surface area contributed by atoms with Crippen molar-refractivity contribution in [2.45, 2.75) is 51.3 Å². The third kappa shape index (κ3) is 2.19. The number of hydrogen-bond donors (Lipinski definition) is 1. The minimum atomic E-state index is 0.393. The van der Waals surface area contributed by atoms with Crippen molar-refractivity contribution in [1.82, 2.24) is 4.90 Å². The Labute approximate surface area is 93.0 Å². The zero-order valence-electron chi connectivity index (χ0n) is 9.98. The molecule has 0 bridgehead atoms. The molecule has 0 aromatic heterocycles. The van der Waals surface area contributed by atoms with Gasteiger partial charge in [-0.15, -0.1) is 0 Å². The van der Waals surface area contributed by atoms with Gasteiger partial charge in [0.05, 0.1) is 6.10 Å². The predicted molar refractivity (Wildman–Crippen MR) is 61.8 cm³/mol. The Morgan fingerprint density at radius 2 is 2.13 bits per heavy atom. The summed E-state index contributed by atoms with van der Waals surface area (Å²) in [6.45, 7) is 7.47. The summed E-state index contributed by atoms with van der Waals surface area (Å²) in [5.41, 5.74) is 5.91. The van der Waals surface area contributed by atoms with Crippen molar-refractivity contribution in [1.29, 1.82) is 0 Å². The minimum absolute atomic E-state index is 0.393. The monoisotopic (exact) mass is 212 g/mol. The molecule has 88 valence electrons. The lowest BCUT2D eigenvalue weighted by atomic mass is 9.88. The second kappa shape index (κ2) is 4.81. The topological polar surface area (TPSA) is 38.5 Å². The number of ether oxygens (including phenoxy) is 1. The predicted octanol–water partition coefficient (Wildman–Crippen LogP) is 1.22. The van der Waals surface area contributed by atoms with Gasteiger partial charge in [0.25, 0.3) is 0 Å². The van der Waals surface area contributed by atoms with E-state index in [1.807, 2.05) is 0 Å². The summed E-state index contributed by atoms with van der Waals surface area (Å²) < 4.78 is 5.66. The molecule has 2 aliphatic heterocycles. The van der Waals surface area contributed by atoms with Crippen molar-refractivity contribution in [3.8, 4) is 0 Å². The van der Waals surface area contributed by atoms with Gasteiger partial charge >= 0.3 is 0 Å². The molecule has 3 nitrogen and oxygen atoms in total. The molecule has 0 aromatic carbocycles. The summed E-state index contributed by atoms with van der Waals surface area (Å²) in [7, 11) is 0. The highest BCUT2D eigenvalue weighted by Crippen LogP contribution is 2.29. The van der Waals surface area contributed by atoms with Crippen molar-refractivity contribution >= 4 is 0 Å². The van der Waals surface area contributed by atoms with Crippen LogP contribution in [0.2, 0.25) is 0 Å². The van der Waals surface area contributed by atoms with Crippen LogP contribution in [0.3, 0.4) is 0 Å². The second-order valence-corrected chi connectivity index (χ2v) is 5.09. The molecule has 2 rings (SSSR count). The maximum Gasteiger partial charge on any atom is 0.0703 e. The van der Waals surface area contributed by atoms with Crippen LogP contribution in [0.5, 0.6) is 0 Å². The highest BCUT2D eigenvalue weighted by molar-refractivity contribution is 4.91. The van der Waals surface area contributed by atoms with Crippen molar-refractivity contribution in [2.24, 2.45) is 11.7 Å². The van der Waals surface area contributed by atoms with E-state index in [0.717, 1.165) is 19.1 Å². The van der Waals surface area contributed by atoms with Crippen LogP contribution in [0.15, 0.2) is 0 Å². The van der Waals surface area contributed by atoms with Crippen LogP contribution in [-0.4, -0.2) is 42.8 Å². The van der Waals surface area contributed by atoms with E-state index in [9.17, 15) is 0 Å². The number of rotatable bonds is 2. The molecule has 4 unspecified atom stereocenters. The Morgan fingerprint density at radius 3 is 2.73 bits per heavy atom. The van der Waals surface area contributed by atoms with E-state index >= 15 is 0 Å². The fraction of sp³-hybridized carbons (Fsp3) is 1.00. The number of nitrogens with zero attached hydrogens (tertiary/aromatic N) is 1. The van der Waals surface area contributed by atoms with Crippen molar-refractivity contribution < 1.29 is 4.74 Å². The molecular formula is C12H24N2O. The van der Waals surface area contributed by atoms with E-state index in [0.29, 0.717) is 18.2 Å². The van der Waals surface area contributed by atoms with Crippen LogP contribution in [0, 0.1) is 5.92 Å². The first-order valence-electron chi connectivity index (χ1n) is 6.31. The fourth-order valence-corrected chi connectivity index (χ4v) is 3.22. The lowest BCUT2D eigenvalue weighted by Gasteiger charge is -2.43. The van der Waals surface area contributed by atoms with E-state index in [2.05, 4.69) is 18.7 Å². The first kappa shape index (κ1) is 11.4. The van der Waals surface area contributed by atoms with E-state index in [-0.39, 0.29) is 0 Å². The molecule has 4 atom stereocenters. The zero-order valence-corrected chi connectivity index (χ0v) is 9.98. The quantitative estimate of drug-likeness (QED) is 0.748. The van der Waals surface area contributed by atoms with Gasteiger partial charge in [-0.05, 0) is 38.6 Å². The van der Waals surface area contributed by atoms with Crippen molar-refractivity contribution in [2.75, 3.05) is 19.7 Å². The van der Waals surface area contributed by atoms with E-state index in [1.54, 1.807) is 0 Å². The van der Waals surface area contributed by atoms with Gasteiger partial charge < -0.3 is 10.5 Å². The molecule has 2 aliphatic rings. The molecule has 0 aliphatic carbocycles. The molecule has 2 fully saturated rings. The summed E-state index contributed by atoms with van der Waals surface area (Å²) in [4.78, 5) is 2.62. The van der Waals surface area contributed by atoms with Gasteiger partial charge in [-0.2, -0.15) is 0 Å². The Morgan fingerprint density at radius 1 is 1.33 bits per heavy atom. The first-order chi connectivity index (χ1) is 7.24. The van der Waals surface area contributed by atoms with E-state index < -0.39 is 0 Å². The molecule has 2 N–H and O–H groups in total. The smallest absolute Gasteiger partial charge is 0.0703 e. The van der Waals surface area contributed by atoms with Crippen LogP contribution < -0.4 is 5.73 Å². The molecule has 0 spiro atoms. The van der Waals surface area contributed by atoms with Crippen LogP contribution in [-0.2, 0) is 4.74 Å². The van der Waals surface area contributed by atoms with Crippen molar-refractivity contribution in [3.63, 3.8) is 0 Å². The third-order valence-electron chi connectivity index (χ3n) is 4.16. The molecule has 2 heterocycles. The molecule has 0 saturated carbocycles. The Kier molecular flexibility index (Phi) is 3.65. The zero-order chi connectivity index (χ0) is 10.8. The van der Waals surface area contributed by atoms with Crippen molar-refractivity contribution in [3.05, 3.63) is 0 Å². The van der Waals surface area contributed by atoms with Crippen LogP contribution >= 0.6 is 0 Å². The van der Waals surface area contributed by atoms with Gasteiger partial charge in [0, 0.05) is 25.2 Å². The average molecular weight is 212 g/mol. The average Bonchev–Trinajstić information content (AvgIpc) is 2.64. The van der Waals surface area contributed by atoms with Gasteiger partial charge in [0.2, 0.25) is 0 Å². The third-order valence-corrected chi connectivity index (χ3v) is 4.16. The molecule has 0 aromatic rings. The van der Waals surface area contributed by atoms with Crippen LogP contribution in [0.1, 0.15) is 33.1 Å². The Bertz CT molecular complexity index is 208. The summed E-state index contributed by atoms with van der Waals surface area (Å²) in [5, 5.41) is 0. The van der Waals surface area contributed by atoms with Crippen LogP contribution in [0.4, 0.5) is 0 Å². The largest absolute Gasteiger partial charge is 0.377 e. The SMILES string of the molecule is CC1CCCN(C2CCOC2C)C1CN. The highest BCUT2D eigenvalue weighted by atomic mass is 16.5. The molecule has 2 saturated heterocycles. The van der Waals surface area contributed by atoms with Gasteiger partial charge in [-0.1, -0.05) is 6.92 Å². The Hall–Kier alpha value is -0.120. The highest BCUT2D eigenvalue weighted by Gasteiger charge is 2.37. The molecule has 0 amide bonds. The summed E-state index contributed by atoms with van der Waals surface area (Å²) in [6.07, 6.45) is 4.23. The van der Waals surface area contributed by atoms with Gasteiger partial charge in [-0.25, -0.2) is 0 Å². The van der Waals surface area contributed by atoms with E-state index in [1.165, 1.54) is 25.8 Å². The first-order valence-corrected chi connectivity index (χ1v) is 6.31. The Balaban J connectivity index is 2.04. The number of nitrogens with two attached hydrogens (primary N) is 1. The van der Waals surface area contributed by atoms with Gasteiger partial charge in [0.15, 0.2) is 0 Å². The lowest BCUT2D eigenvalue weighted by Crippen LogP contribution is -2.54. The minimum Gasteiger partial charge on any atom is -0.377 e. The number of likely N-dealkylation sites (tertiary alicyclic amines) is 1. The lowest BCUT2D eigenvalue weighted by molar-refractivity contribution is 0.0206. The summed E-state index contributed by atoms with van der Waals surface area (Å²) >= 11 is 0. The van der Waals surface area contributed by atoms with E-state index in [4.69, 9.17) is 10.5 Å². The summed E-state index contributed by atoms with van der Waals surface area (Å²) in [6, 6.07) is 1.19. The van der Waals surface area contributed by atoms with Crippen LogP contribution in [0.25, 0.3) is 0 Å². The summed E-state index contributed by atoms with van der Waals surface area (Å²) in [5.74, 6) is 0.747. The molecule has 15 heavy (non-hydrogen) atoms. The molecular weight excluding hydrogens is 188 g/mol. The second-order valence-electron chi connectivity index (χ2n) is 5.09.